The SMILES string of the molecule is Cc1ccc(CN2C(=O)CCC2CCNCc2cccnc2)o1. The second kappa shape index (κ2) is 7.42. The Kier molecular flexibility index (Phi) is 5.08. The first kappa shape index (κ1) is 15.7. The molecule has 1 unspecified atom stereocenters. The Morgan fingerprint density at radius 2 is 2.30 bits per heavy atom. The molecule has 1 amide bonds. The molecule has 122 valence electrons. The highest BCUT2D eigenvalue weighted by Crippen LogP contribution is 2.24. The van der Waals surface area contributed by atoms with Crippen molar-refractivity contribution in [1.29, 1.82) is 0 Å². The molecule has 1 fully saturated rings. The van der Waals surface area contributed by atoms with Gasteiger partial charge in [0.25, 0.3) is 0 Å². The van der Waals surface area contributed by atoms with Crippen molar-refractivity contribution in [3.05, 3.63) is 53.7 Å². The van der Waals surface area contributed by atoms with Crippen LogP contribution in [-0.2, 0) is 17.9 Å². The lowest BCUT2D eigenvalue weighted by Gasteiger charge is -2.24. The second-order valence-electron chi connectivity index (χ2n) is 6.05. The van der Waals surface area contributed by atoms with Crippen molar-refractivity contribution < 1.29 is 9.21 Å². The fourth-order valence-electron chi connectivity index (χ4n) is 3.05. The molecule has 0 aromatic carbocycles. The van der Waals surface area contributed by atoms with Crippen molar-refractivity contribution in [3.63, 3.8) is 0 Å². The highest BCUT2D eigenvalue weighted by atomic mass is 16.3. The van der Waals surface area contributed by atoms with Gasteiger partial charge in [0.15, 0.2) is 0 Å². The average Bonchev–Trinajstić information content (AvgIpc) is 3.12. The molecule has 0 radical (unpaired) electrons. The third-order valence-electron chi connectivity index (χ3n) is 4.28. The Bertz CT molecular complexity index is 639. The van der Waals surface area contributed by atoms with Gasteiger partial charge in [0.1, 0.15) is 11.5 Å². The molecular formula is C18H23N3O2. The summed E-state index contributed by atoms with van der Waals surface area (Å²) in [6.07, 6.45) is 6.20. The topological polar surface area (TPSA) is 58.4 Å². The summed E-state index contributed by atoms with van der Waals surface area (Å²) < 4.78 is 5.61. The van der Waals surface area contributed by atoms with Gasteiger partial charge in [0.2, 0.25) is 5.91 Å². The average molecular weight is 313 g/mol. The standard InChI is InChI=1S/C18H23N3O2/c1-14-4-6-17(23-14)13-21-16(5-7-18(21)22)8-10-20-12-15-3-2-9-19-11-15/h2-4,6,9,11,16,20H,5,7-8,10,12-13H2,1H3. The summed E-state index contributed by atoms with van der Waals surface area (Å²) in [5, 5.41) is 3.43. The highest BCUT2D eigenvalue weighted by molar-refractivity contribution is 5.78. The van der Waals surface area contributed by atoms with Crippen LogP contribution in [0.15, 0.2) is 41.1 Å². The van der Waals surface area contributed by atoms with E-state index in [1.54, 1.807) is 6.20 Å². The molecule has 1 aliphatic heterocycles. The van der Waals surface area contributed by atoms with Crippen LogP contribution in [0.1, 0.15) is 36.3 Å². The van der Waals surface area contributed by atoms with Gasteiger partial charge in [-0.1, -0.05) is 6.07 Å². The number of furan rings is 1. The first-order chi connectivity index (χ1) is 11.2. The summed E-state index contributed by atoms with van der Waals surface area (Å²) in [4.78, 5) is 18.2. The molecule has 0 bridgehead atoms. The molecular weight excluding hydrogens is 290 g/mol. The molecule has 23 heavy (non-hydrogen) atoms. The normalized spacial score (nSPS) is 17.9. The van der Waals surface area contributed by atoms with Crippen LogP contribution in [0.25, 0.3) is 0 Å². The number of hydrogen-bond acceptors (Lipinski definition) is 4. The number of pyridine rings is 1. The molecule has 1 atom stereocenters. The molecule has 0 spiro atoms. The lowest BCUT2D eigenvalue weighted by Crippen LogP contribution is -2.34. The molecule has 5 heteroatoms. The number of amides is 1. The predicted molar refractivity (Wildman–Crippen MR) is 87.6 cm³/mol. The zero-order valence-corrected chi connectivity index (χ0v) is 13.5. The van der Waals surface area contributed by atoms with Crippen molar-refractivity contribution in [2.75, 3.05) is 6.54 Å². The lowest BCUT2D eigenvalue weighted by molar-refractivity contribution is -0.129. The van der Waals surface area contributed by atoms with Gasteiger partial charge in [-0.3, -0.25) is 9.78 Å². The van der Waals surface area contributed by atoms with Gasteiger partial charge in [-0.05, 0) is 50.1 Å². The van der Waals surface area contributed by atoms with Crippen molar-refractivity contribution in [2.45, 2.75) is 45.3 Å². The Labute approximate surface area is 136 Å². The Balaban J connectivity index is 1.47. The maximum atomic E-state index is 12.1. The van der Waals surface area contributed by atoms with E-state index in [9.17, 15) is 4.79 Å². The maximum absolute atomic E-state index is 12.1. The van der Waals surface area contributed by atoms with E-state index >= 15 is 0 Å². The van der Waals surface area contributed by atoms with Crippen molar-refractivity contribution in [1.82, 2.24) is 15.2 Å². The number of rotatable bonds is 7. The van der Waals surface area contributed by atoms with Crippen molar-refractivity contribution in [2.24, 2.45) is 0 Å². The maximum Gasteiger partial charge on any atom is 0.223 e. The number of carbonyl (C=O) groups excluding carboxylic acids is 1. The van der Waals surface area contributed by atoms with Crippen LogP contribution in [0.3, 0.4) is 0 Å². The summed E-state index contributed by atoms with van der Waals surface area (Å²) in [6.45, 7) is 4.21. The third kappa shape index (κ3) is 4.20. The van der Waals surface area contributed by atoms with E-state index in [-0.39, 0.29) is 5.91 Å². The molecule has 2 aromatic heterocycles. The largest absolute Gasteiger partial charge is 0.464 e. The number of hydrogen-bond donors (Lipinski definition) is 1. The van der Waals surface area contributed by atoms with Gasteiger partial charge >= 0.3 is 0 Å². The Hall–Kier alpha value is -2.14. The van der Waals surface area contributed by atoms with Gasteiger partial charge in [-0.2, -0.15) is 0 Å². The molecule has 3 rings (SSSR count). The molecule has 0 aliphatic carbocycles. The van der Waals surface area contributed by atoms with E-state index in [0.29, 0.717) is 19.0 Å². The monoisotopic (exact) mass is 313 g/mol. The summed E-state index contributed by atoms with van der Waals surface area (Å²) in [5.41, 5.74) is 1.18. The quantitative estimate of drug-likeness (QED) is 0.798. The number of aryl methyl sites for hydroxylation is 1. The van der Waals surface area contributed by atoms with E-state index < -0.39 is 0 Å². The Morgan fingerprint density at radius 1 is 1.39 bits per heavy atom. The number of nitrogens with one attached hydrogen (secondary N) is 1. The van der Waals surface area contributed by atoms with E-state index in [4.69, 9.17) is 4.42 Å². The predicted octanol–water partition coefficient (Wildman–Crippen LogP) is 2.65. The summed E-state index contributed by atoms with van der Waals surface area (Å²) >= 11 is 0. The zero-order valence-electron chi connectivity index (χ0n) is 13.5. The molecule has 0 saturated carbocycles. The van der Waals surface area contributed by atoms with E-state index in [0.717, 1.165) is 37.5 Å². The summed E-state index contributed by atoms with van der Waals surface area (Å²) in [5.74, 6) is 1.99. The van der Waals surface area contributed by atoms with Crippen molar-refractivity contribution >= 4 is 5.91 Å². The van der Waals surface area contributed by atoms with Crippen LogP contribution in [0, 0.1) is 6.92 Å². The van der Waals surface area contributed by atoms with Gasteiger partial charge in [-0.15, -0.1) is 0 Å². The first-order valence-corrected chi connectivity index (χ1v) is 8.17. The third-order valence-corrected chi connectivity index (χ3v) is 4.28. The smallest absolute Gasteiger partial charge is 0.223 e. The number of nitrogens with zero attached hydrogens (tertiary/aromatic N) is 2. The minimum atomic E-state index is 0.233. The molecule has 1 N–H and O–H groups in total. The second-order valence-corrected chi connectivity index (χ2v) is 6.05. The number of likely N-dealkylation sites (tertiary alicyclic amines) is 1. The van der Waals surface area contributed by atoms with Gasteiger partial charge in [0.05, 0.1) is 6.54 Å². The van der Waals surface area contributed by atoms with E-state index in [1.165, 1.54) is 5.56 Å². The minimum Gasteiger partial charge on any atom is -0.464 e. The van der Waals surface area contributed by atoms with Crippen LogP contribution in [0.5, 0.6) is 0 Å². The van der Waals surface area contributed by atoms with Crippen LogP contribution in [0.4, 0.5) is 0 Å². The number of aromatic nitrogens is 1. The van der Waals surface area contributed by atoms with Crippen LogP contribution in [-0.4, -0.2) is 28.4 Å². The molecule has 3 heterocycles. The van der Waals surface area contributed by atoms with Gasteiger partial charge in [0, 0.05) is 31.4 Å². The minimum absolute atomic E-state index is 0.233. The van der Waals surface area contributed by atoms with Crippen LogP contribution in [0.2, 0.25) is 0 Å². The molecule has 1 aliphatic rings. The molecule has 2 aromatic rings. The summed E-state index contributed by atoms with van der Waals surface area (Å²) in [6, 6.07) is 8.21. The van der Waals surface area contributed by atoms with E-state index in [2.05, 4.69) is 16.4 Å². The van der Waals surface area contributed by atoms with E-state index in [1.807, 2.05) is 36.2 Å². The fraction of sp³-hybridized carbons (Fsp3) is 0.444. The zero-order chi connectivity index (χ0) is 16.1. The molecule has 5 nitrogen and oxygen atoms in total. The van der Waals surface area contributed by atoms with Crippen molar-refractivity contribution in [3.8, 4) is 0 Å². The lowest BCUT2D eigenvalue weighted by atomic mass is 10.1. The Morgan fingerprint density at radius 3 is 3.04 bits per heavy atom. The fourth-order valence-corrected chi connectivity index (χ4v) is 3.05. The number of carbonyl (C=O) groups is 1. The molecule has 1 saturated heterocycles. The van der Waals surface area contributed by atoms with Crippen LogP contribution >= 0.6 is 0 Å². The highest BCUT2D eigenvalue weighted by Gasteiger charge is 2.30. The summed E-state index contributed by atoms with van der Waals surface area (Å²) in [7, 11) is 0. The van der Waals surface area contributed by atoms with Crippen LogP contribution < -0.4 is 5.32 Å². The first-order valence-electron chi connectivity index (χ1n) is 8.17. The van der Waals surface area contributed by atoms with Gasteiger partial charge in [-0.25, -0.2) is 0 Å². The van der Waals surface area contributed by atoms with Gasteiger partial charge < -0.3 is 14.6 Å².